The van der Waals surface area contributed by atoms with Crippen LogP contribution in [-0.4, -0.2) is 33.6 Å². The van der Waals surface area contributed by atoms with Crippen LogP contribution < -0.4 is 5.73 Å². The zero-order valence-corrected chi connectivity index (χ0v) is 14.6. The number of aryl methyl sites for hydroxylation is 1. The Kier molecular flexibility index (Phi) is 5.92. The fraction of sp³-hybridized carbons (Fsp3) is 0.294. The number of nitrogens with two attached hydrogens (primary N) is 1. The molecule has 0 aliphatic heterocycles. The fourth-order valence-corrected chi connectivity index (χ4v) is 2.79. The number of anilines is 1. The molecule has 1 atom stereocenters. The first-order valence-corrected chi connectivity index (χ1v) is 8.37. The summed E-state index contributed by atoms with van der Waals surface area (Å²) in [6, 6.07) is 7.39. The molecule has 1 heterocycles. The van der Waals surface area contributed by atoms with Crippen molar-refractivity contribution in [1.82, 2.24) is 9.97 Å². The van der Waals surface area contributed by atoms with Crippen LogP contribution in [0.2, 0.25) is 0 Å². The molecule has 0 radical (unpaired) electrons. The van der Waals surface area contributed by atoms with Crippen molar-refractivity contribution in [2.45, 2.75) is 31.2 Å². The van der Waals surface area contributed by atoms with E-state index in [-0.39, 0.29) is 29.0 Å². The van der Waals surface area contributed by atoms with Crippen molar-refractivity contribution in [2.24, 2.45) is 0 Å². The number of carbonyl (C=O) groups is 2. The molecule has 1 aromatic heterocycles. The van der Waals surface area contributed by atoms with E-state index in [0.717, 1.165) is 5.56 Å². The third-order valence-corrected chi connectivity index (χ3v) is 4.25. The minimum Gasteiger partial charge on any atom is -0.462 e. The zero-order valence-electron chi connectivity index (χ0n) is 13.8. The van der Waals surface area contributed by atoms with Crippen LogP contribution in [0.3, 0.4) is 0 Å². The molecule has 0 bridgehead atoms. The van der Waals surface area contributed by atoms with E-state index in [4.69, 9.17) is 10.5 Å². The number of thioether (sulfide) groups is 1. The second kappa shape index (κ2) is 7.92. The average Bonchev–Trinajstić information content (AvgIpc) is 2.55. The van der Waals surface area contributed by atoms with Gasteiger partial charge in [0, 0.05) is 11.8 Å². The van der Waals surface area contributed by atoms with Gasteiger partial charge >= 0.3 is 5.97 Å². The molecule has 0 fully saturated rings. The Morgan fingerprint density at radius 3 is 2.54 bits per heavy atom. The number of hydrogen-bond acceptors (Lipinski definition) is 7. The van der Waals surface area contributed by atoms with E-state index in [1.54, 1.807) is 26.0 Å². The molecule has 0 amide bonds. The predicted octanol–water partition coefficient (Wildman–Crippen LogP) is 2.91. The van der Waals surface area contributed by atoms with Crippen molar-refractivity contribution in [1.29, 1.82) is 0 Å². The summed E-state index contributed by atoms with van der Waals surface area (Å²) in [7, 11) is 0. The Morgan fingerprint density at radius 2 is 1.96 bits per heavy atom. The molecule has 24 heavy (non-hydrogen) atoms. The number of aromatic nitrogens is 2. The van der Waals surface area contributed by atoms with Gasteiger partial charge in [0.2, 0.25) is 0 Å². The van der Waals surface area contributed by atoms with Gasteiger partial charge in [0.15, 0.2) is 10.9 Å². The summed E-state index contributed by atoms with van der Waals surface area (Å²) in [5.74, 6) is -0.534. The molecule has 0 aliphatic carbocycles. The van der Waals surface area contributed by atoms with E-state index in [1.807, 2.05) is 19.1 Å². The van der Waals surface area contributed by atoms with Crippen LogP contribution in [0, 0.1) is 6.92 Å². The maximum atomic E-state index is 12.4. The average molecular weight is 345 g/mol. The van der Waals surface area contributed by atoms with Crippen molar-refractivity contribution in [2.75, 3.05) is 12.3 Å². The van der Waals surface area contributed by atoms with Crippen LogP contribution in [0.1, 0.15) is 40.1 Å². The Balaban J connectivity index is 2.10. The first kappa shape index (κ1) is 17.9. The van der Waals surface area contributed by atoms with Crippen LogP contribution in [0.5, 0.6) is 0 Å². The second-order valence-corrected chi connectivity index (χ2v) is 6.47. The molecule has 6 nitrogen and oxygen atoms in total. The molecule has 2 rings (SSSR count). The second-order valence-electron chi connectivity index (χ2n) is 5.16. The summed E-state index contributed by atoms with van der Waals surface area (Å²) in [6.07, 6.45) is 1.33. The number of ketones is 1. The van der Waals surface area contributed by atoms with Gasteiger partial charge in [-0.25, -0.2) is 14.8 Å². The number of hydrogen-bond donors (Lipinski definition) is 1. The number of nitrogens with zero attached hydrogens (tertiary/aromatic N) is 2. The molecule has 0 saturated carbocycles. The van der Waals surface area contributed by atoms with E-state index < -0.39 is 5.97 Å². The molecular formula is C17H19N3O3S. The highest BCUT2D eigenvalue weighted by molar-refractivity contribution is 8.00. The van der Waals surface area contributed by atoms with Gasteiger partial charge in [0.25, 0.3) is 0 Å². The van der Waals surface area contributed by atoms with E-state index in [2.05, 4.69) is 9.97 Å². The molecule has 2 N–H and O–H groups in total. The summed E-state index contributed by atoms with van der Waals surface area (Å²) in [5, 5.41) is -0.0333. The lowest BCUT2D eigenvalue weighted by atomic mass is 10.1. The summed E-state index contributed by atoms with van der Waals surface area (Å²) in [4.78, 5) is 32.3. The monoisotopic (exact) mass is 345 g/mol. The normalized spacial score (nSPS) is 11.8. The molecule has 0 spiro atoms. The highest BCUT2D eigenvalue weighted by Gasteiger charge is 2.19. The van der Waals surface area contributed by atoms with E-state index in [1.165, 1.54) is 18.0 Å². The van der Waals surface area contributed by atoms with Crippen LogP contribution in [0.4, 0.5) is 5.82 Å². The summed E-state index contributed by atoms with van der Waals surface area (Å²) >= 11 is 1.19. The van der Waals surface area contributed by atoms with Crippen molar-refractivity contribution in [3.05, 3.63) is 47.2 Å². The van der Waals surface area contributed by atoms with Crippen molar-refractivity contribution >= 4 is 29.3 Å². The molecule has 126 valence electrons. The smallest absolute Gasteiger partial charge is 0.343 e. The van der Waals surface area contributed by atoms with E-state index in [9.17, 15) is 9.59 Å². The predicted molar refractivity (Wildman–Crippen MR) is 93.2 cm³/mol. The third kappa shape index (κ3) is 4.32. The first-order chi connectivity index (χ1) is 11.4. The molecule has 0 unspecified atom stereocenters. The molecule has 1 aromatic carbocycles. The maximum absolute atomic E-state index is 12.4. The molecule has 7 heteroatoms. The molecule has 0 aliphatic rings. The van der Waals surface area contributed by atoms with Gasteiger partial charge in [0.05, 0.1) is 11.9 Å². The Morgan fingerprint density at radius 1 is 1.29 bits per heavy atom. The minimum atomic E-state index is -0.560. The van der Waals surface area contributed by atoms with E-state index >= 15 is 0 Å². The van der Waals surface area contributed by atoms with Gasteiger partial charge in [-0.05, 0) is 20.8 Å². The Bertz CT molecular complexity index is 747. The van der Waals surface area contributed by atoms with Crippen molar-refractivity contribution in [3.63, 3.8) is 0 Å². The lowest BCUT2D eigenvalue weighted by Gasteiger charge is -2.10. The minimum absolute atomic E-state index is 0.0170. The highest BCUT2D eigenvalue weighted by atomic mass is 32.2. The van der Waals surface area contributed by atoms with Gasteiger partial charge in [-0.1, -0.05) is 41.6 Å². The number of ether oxygens (including phenoxy) is 1. The van der Waals surface area contributed by atoms with Crippen LogP contribution in [0.15, 0.2) is 35.6 Å². The van der Waals surface area contributed by atoms with Crippen LogP contribution >= 0.6 is 11.8 Å². The van der Waals surface area contributed by atoms with Gasteiger partial charge < -0.3 is 10.5 Å². The lowest BCUT2D eigenvalue weighted by Crippen LogP contribution is -2.15. The first-order valence-electron chi connectivity index (χ1n) is 7.49. The van der Waals surface area contributed by atoms with Gasteiger partial charge in [-0.3, -0.25) is 4.79 Å². The van der Waals surface area contributed by atoms with Gasteiger partial charge in [-0.15, -0.1) is 0 Å². The van der Waals surface area contributed by atoms with E-state index in [0.29, 0.717) is 10.7 Å². The van der Waals surface area contributed by atoms with Crippen molar-refractivity contribution in [3.8, 4) is 0 Å². The maximum Gasteiger partial charge on any atom is 0.343 e. The van der Waals surface area contributed by atoms with Gasteiger partial charge in [0.1, 0.15) is 11.4 Å². The molecule has 0 saturated heterocycles. The van der Waals surface area contributed by atoms with Gasteiger partial charge in [-0.2, -0.15) is 0 Å². The summed E-state index contributed by atoms with van der Waals surface area (Å²) < 4.78 is 4.88. The largest absolute Gasteiger partial charge is 0.462 e. The van der Waals surface area contributed by atoms with Crippen LogP contribution in [-0.2, 0) is 4.74 Å². The Labute approximate surface area is 144 Å². The molecular weight excluding hydrogens is 326 g/mol. The Hall–Kier alpha value is -2.41. The number of esters is 1. The number of Topliss-reactive ketones (excluding diaryl/α,β-unsaturated/α-hetero) is 1. The summed E-state index contributed by atoms with van der Waals surface area (Å²) in [6.45, 7) is 5.70. The zero-order chi connectivity index (χ0) is 17.7. The SMILES string of the molecule is CCOC(=O)c1cnc(S[C@@H](C)C(=O)c2ccc(C)cc2)nc1N. The molecule has 2 aromatic rings. The van der Waals surface area contributed by atoms with Crippen LogP contribution in [0.25, 0.3) is 0 Å². The standard InChI is InChI=1S/C17H19N3O3S/c1-4-23-16(22)13-9-19-17(20-15(13)18)24-11(3)14(21)12-7-5-10(2)6-8-12/h5-9,11H,4H2,1-3H3,(H2,18,19,20)/t11-/m0/s1. The number of nitrogen functional groups attached to an aromatic ring is 1. The number of rotatable bonds is 6. The third-order valence-electron chi connectivity index (χ3n) is 3.28. The topological polar surface area (TPSA) is 95.2 Å². The van der Waals surface area contributed by atoms with Crippen molar-refractivity contribution < 1.29 is 14.3 Å². The highest BCUT2D eigenvalue weighted by Crippen LogP contribution is 2.24. The lowest BCUT2D eigenvalue weighted by molar-refractivity contribution is 0.0526. The summed E-state index contributed by atoms with van der Waals surface area (Å²) in [5.41, 5.74) is 7.64. The number of benzene rings is 1. The number of carbonyl (C=O) groups excluding carboxylic acids is 2. The quantitative estimate of drug-likeness (QED) is 0.372. The fourth-order valence-electron chi connectivity index (χ4n) is 1.97.